The molecule has 0 atom stereocenters. The number of piperazine rings is 1. The summed E-state index contributed by atoms with van der Waals surface area (Å²) in [5.74, 6) is -1.42. The van der Waals surface area contributed by atoms with Gasteiger partial charge in [-0.3, -0.25) is 4.90 Å². The SMILES string of the molecule is Fc1cccc(CN2CCNCC23CCCCC3)c1F. The lowest BCUT2D eigenvalue weighted by Gasteiger charge is -2.50. The van der Waals surface area contributed by atoms with E-state index in [0.717, 1.165) is 32.5 Å². The summed E-state index contributed by atoms with van der Waals surface area (Å²) in [5.41, 5.74) is 0.631. The molecule has 3 rings (SSSR count). The summed E-state index contributed by atoms with van der Waals surface area (Å²) < 4.78 is 27.3. The second-order valence-electron chi connectivity index (χ2n) is 6.10. The summed E-state index contributed by atoms with van der Waals surface area (Å²) in [6.07, 6.45) is 6.10. The van der Waals surface area contributed by atoms with Crippen LogP contribution in [0.25, 0.3) is 0 Å². The van der Waals surface area contributed by atoms with Crippen molar-refractivity contribution in [1.82, 2.24) is 10.2 Å². The highest BCUT2D eigenvalue weighted by Crippen LogP contribution is 2.35. The fourth-order valence-corrected chi connectivity index (χ4v) is 3.71. The number of benzene rings is 1. The Morgan fingerprint density at radius 3 is 2.75 bits per heavy atom. The van der Waals surface area contributed by atoms with Crippen LogP contribution in [0.2, 0.25) is 0 Å². The van der Waals surface area contributed by atoms with Gasteiger partial charge in [0.05, 0.1) is 0 Å². The number of hydrogen-bond donors (Lipinski definition) is 1. The second-order valence-corrected chi connectivity index (χ2v) is 6.10. The molecule has 1 aliphatic carbocycles. The van der Waals surface area contributed by atoms with Crippen LogP contribution in [0.5, 0.6) is 0 Å². The van der Waals surface area contributed by atoms with Gasteiger partial charge in [-0.15, -0.1) is 0 Å². The van der Waals surface area contributed by atoms with E-state index in [-0.39, 0.29) is 5.54 Å². The minimum atomic E-state index is -0.740. The van der Waals surface area contributed by atoms with Crippen LogP contribution in [-0.2, 0) is 6.54 Å². The first-order valence-electron chi connectivity index (χ1n) is 7.60. The molecule has 2 fully saturated rings. The van der Waals surface area contributed by atoms with Crippen molar-refractivity contribution in [1.29, 1.82) is 0 Å². The van der Waals surface area contributed by atoms with Crippen LogP contribution in [-0.4, -0.2) is 30.1 Å². The molecule has 1 spiro atoms. The largest absolute Gasteiger partial charge is 0.314 e. The van der Waals surface area contributed by atoms with Gasteiger partial charge in [0.2, 0.25) is 0 Å². The molecule has 1 N–H and O–H groups in total. The Morgan fingerprint density at radius 2 is 1.95 bits per heavy atom. The van der Waals surface area contributed by atoms with E-state index in [9.17, 15) is 8.78 Å². The van der Waals surface area contributed by atoms with E-state index in [0.29, 0.717) is 12.1 Å². The molecule has 1 aromatic rings. The zero-order valence-corrected chi connectivity index (χ0v) is 11.8. The molecular weight excluding hydrogens is 258 g/mol. The van der Waals surface area contributed by atoms with Gasteiger partial charge < -0.3 is 5.32 Å². The second kappa shape index (κ2) is 5.78. The molecule has 0 aromatic heterocycles. The standard InChI is InChI=1S/C16H22F2N2/c17-14-6-4-5-13(15(14)18)11-20-10-9-19-12-16(20)7-2-1-3-8-16/h4-6,19H,1-3,7-12H2. The highest BCUT2D eigenvalue weighted by Gasteiger charge is 2.39. The summed E-state index contributed by atoms with van der Waals surface area (Å²) >= 11 is 0. The van der Waals surface area contributed by atoms with Crippen LogP contribution >= 0.6 is 0 Å². The Bertz CT molecular complexity index is 461. The van der Waals surface area contributed by atoms with E-state index in [4.69, 9.17) is 0 Å². The lowest BCUT2D eigenvalue weighted by molar-refractivity contribution is 0.0200. The van der Waals surface area contributed by atoms with Crippen molar-refractivity contribution in [2.45, 2.75) is 44.2 Å². The highest BCUT2D eigenvalue weighted by molar-refractivity contribution is 5.19. The zero-order chi connectivity index (χ0) is 14.0. The van der Waals surface area contributed by atoms with E-state index in [1.807, 2.05) is 0 Å². The zero-order valence-electron chi connectivity index (χ0n) is 11.8. The normalized spacial score (nSPS) is 23.1. The maximum atomic E-state index is 13.9. The Kier molecular flexibility index (Phi) is 4.03. The van der Waals surface area contributed by atoms with E-state index in [1.165, 1.54) is 25.3 Å². The first-order valence-corrected chi connectivity index (χ1v) is 7.60. The highest BCUT2D eigenvalue weighted by atomic mass is 19.2. The van der Waals surface area contributed by atoms with Crippen molar-refractivity contribution in [3.8, 4) is 0 Å². The lowest BCUT2D eigenvalue weighted by atomic mass is 9.79. The van der Waals surface area contributed by atoms with Gasteiger partial charge in [0, 0.05) is 37.3 Å². The topological polar surface area (TPSA) is 15.3 Å². The molecule has 4 heteroatoms. The fourth-order valence-electron chi connectivity index (χ4n) is 3.71. The van der Waals surface area contributed by atoms with Crippen LogP contribution < -0.4 is 5.32 Å². The van der Waals surface area contributed by atoms with Crippen molar-refractivity contribution in [3.63, 3.8) is 0 Å². The molecule has 20 heavy (non-hydrogen) atoms. The van der Waals surface area contributed by atoms with Crippen LogP contribution in [0.3, 0.4) is 0 Å². The smallest absolute Gasteiger partial charge is 0.163 e. The Balaban J connectivity index is 1.81. The average molecular weight is 280 g/mol. The maximum Gasteiger partial charge on any atom is 0.163 e. The molecule has 0 amide bonds. The van der Waals surface area contributed by atoms with Crippen LogP contribution in [0.4, 0.5) is 8.78 Å². The van der Waals surface area contributed by atoms with Gasteiger partial charge in [0.25, 0.3) is 0 Å². The minimum absolute atomic E-state index is 0.148. The number of halogens is 2. The van der Waals surface area contributed by atoms with Crippen molar-refractivity contribution >= 4 is 0 Å². The Labute approximate surface area is 119 Å². The van der Waals surface area contributed by atoms with Crippen LogP contribution in [0.1, 0.15) is 37.7 Å². The number of hydrogen-bond acceptors (Lipinski definition) is 2. The van der Waals surface area contributed by atoms with Gasteiger partial charge in [-0.1, -0.05) is 31.4 Å². The quantitative estimate of drug-likeness (QED) is 0.895. The number of nitrogens with zero attached hydrogens (tertiary/aromatic N) is 1. The summed E-state index contributed by atoms with van der Waals surface area (Å²) in [7, 11) is 0. The van der Waals surface area contributed by atoms with Gasteiger partial charge in [-0.25, -0.2) is 8.78 Å². The summed E-state index contributed by atoms with van der Waals surface area (Å²) in [6.45, 7) is 3.34. The van der Waals surface area contributed by atoms with E-state index in [2.05, 4.69) is 10.2 Å². The predicted molar refractivity (Wildman–Crippen MR) is 75.5 cm³/mol. The van der Waals surface area contributed by atoms with Gasteiger partial charge in [-0.05, 0) is 18.9 Å². The number of nitrogens with one attached hydrogen (secondary N) is 1. The summed E-state index contributed by atoms with van der Waals surface area (Å²) in [6, 6.07) is 4.49. The Hall–Kier alpha value is -1.00. The average Bonchev–Trinajstić information content (AvgIpc) is 2.47. The van der Waals surface area contributed by atoms with E-state index in [1.54, 1.807) is 12.1 Å². The molecule has 1 aliphatic heterocycles. The molecule has 110 valence electrons. The van der Waals surface area contributed by atoms with E-state index >= 15 is 0 Å². The molecule has 1 saturated heterocycles. The predicted octanol–water partition coefficient (Wildman–Crippen LogP) is 3.07. The molecule has 1 heterocycles. The Morgan fingerprint density at radius 1 is 1.15 bits per heavy atom. The number of rotatable bonds is 2. The molecular formula is C16H22F2N2. The molecule has 1 saturated carbocycles. The monoisotopic (exact) mass is 280 g/mol. The van der Waals surface area contributed by atoms with Gasteiger partial charge >= 0.3 is 0 Å². The van der Waals surface area contributed by atoms with Crippen molar-refractivity contribution in [3.05, 3.63) is 35.4 Å². The minimum Gasteiger partial charge on any atom is -0.314 e. The van der Waals surface area contributed by atoms with Crippen LogP contribution in [0, 0.1) is 11.6 Å². The van der Waals surface area contributed by atoms with Crippen molar-refractivity contribution in [2.24, 2.45) is 0 Å². The molecule has 0 bridgehead atoms. The van der Waals surface area contributed by atoms with E-state index < -0.39 is 11.6 Å². The van der Waals surface area contributed by atoms with Crippen molar-refractivity contribution in [2.75, 3.05) is 19.6 Å². The molecule has 0 unspecified atom stereocenters. The fraction of sp³-hybridized carbons (Fsp3) is 0.625. The summed E-state index contributed by atoms with van der Waals surface area (Å²) in [5, 5.41) is 3.48. The summed E-state index contributed by atoms with van der Waals surface area (Å²) in [4.78, 5) is 2.38. The third-order valence-electron chi connectivity index (χ3n) is 4.86. The van der Waals surface area contributed by atoms with Gasteiger partial charge in [-0.2, -0.15) is 0 Å². The molecule has 2 aliphatic rings. The lowest BCUT2D eigenvalue weighted by Crippen LogP contribution is -2.61. The first-order chi connectivity index (χ1) is 9.71. The molecule has 1 aromatic carbocycles. The first kappa shape index (κ1) is 14.0. The van der Waals surface area contributed by atoms with Gasteiger partial charge in [0.15, 0.2) is 11.6 Å². The van der Waals surface area contributed by atoms with Crippen LogP contribution in [0.15, 0.2) is 18.2 Å². The third kappa shape index (κ3) is 2.59. The molecule has 0 radical (unpaired) electrons. The van der Waals surface area contributed by atoms with Crippen molar-refractivity contribution < 1.29 is 8.78 Å². The maximum absolute atomic E-state index is 13.9. The molecule has 2 nitrogen and oxygen atoms in total. The van der Waals surface area contributed by atoms with Gasteiger partial charge in [0.1, 0.15) is 0 Å². The third-order valence-corrected chi connectivity index (χ3v) is 4.86.